The van der Waals surface area contributed by atoms with Crippen molar-refractivity contribution in [1.29, 1.82) is 0 Å². The third-order valence-corrected chi connectivity index (χ3v) is 2.77. The SMILES string of the molecule is COC(=O)[C@]1(N)C[C@@H]1c1ccccc1. The zero-order valence-corrected chi connectivity index (χ0v) is 8.07. The van der Waals surface area contributed by atoms with Crippen LogP contribution in [0.4, 0.5) is 0 Å². The first-order chi connectivity index (χ1) is 6.68. The molecule has 0 radical (unpaired) electrons. The summed E-state index contributed by atoms with van der Waals surface area (Å²) in [5.74, 6) is -0.192. The van der Waals surface area contributed by atoms with E-state index in [1.165, 1.54) is 7.11 Å². The molecule has 0 heterocycles. The fourth-order valence-corrected chi connectivity index (χ4v) is 1.80. The Morgan fingerprint density at radius 2 is 2.14 bits per heavy atom. The molecule has 2 N–H and O–H groups in total. The molecule has 0 aromatic heterocycles. The molecule has 1 aliphatic rings. The topological polar surface area (TPSA) is 52.3 Å². The first-order valence-electron chi connectivity index (χ1n) is 4.61. The van der Waals surface area contributed by atoms with Gasteiger partial charge >= 0.3 is 5.97 Å². The summed E-state index contributed by atoms with van der Waals surface area (Å²) in [5, 5.41) is 0. The minimum absolute atomic E-state index is 0.121. The predicted octanol–water partition coefficient (Wildman–Crippen LogP) is 1.04. The van der Waals surface area contributed by atoms with E-state index in [0.29, 0.717) is 6.42 Å². The van der Waals surface area contributed by atoms with E-state index in [1.54, 1.807) is 0 Å². The second-order valence-corrected chi connectivity index (χ2v) is 3.70. The van der Waals surface area contributed by atoms with Crippen LogP contribution in [-0.2, 0) is 9.53 Å². The Kier molecular flexibility index (Phi) is 2.04. The molecule has 2 atom stereocenters. The summed E-state index contributed by atoms with van der Waals surface area (Å²) in [5.41, 5.74) is 6.23. The lowest BCUT2D eigenvalue weighted by Gasteiger charge is -2.08. The molecule has 74 valence electrons. The van der Waals surface area contributed by atoms with Crippen LogP contribution in [0, 0.1) is 0 Å². The molecule has 1 aliphatic carbocycles. The number of carbonyl (C=O) groups is 1. The van der Waals surface area contributed by atoms with E-state index in [1.807, 2.05) is 30.3 Å². The van der Waals surface area contributed by atoms with Gasteiger partial charge in [0.2, 0.25) is 0 Å². The normalized spacial score (nSPS) is 29.7. The molecule has 1 fully saturated rings. The van der Waals surface area contributed by atoms with E-state index in [2.05, 4.69) is 4.74 Å². The Hall–Kier alpha value is -1.35. The average Bonchev–Trinajstić information content (AvgIpc) is 2.92. The summed E-state index contributed by atoms with van der Waals surface area (Å²) in [6, 6.07) is 9.82. The van der Waals surface area contributed by atoms with Crippen molar-refractivity contribution in [3.8, 4) is 0 Å². The molecule has 2 rings (SSSR count). The number of rotatable bonds is 2. The molecule has 3 nitrogen and oxygen atoms in total. The number of methoxy groups -OCH3 is 1. The molecule has 1 aromatic carbocycles. The zero-order chi connectivity index (χ0) is 10.2. The van der Waals surface area contributed by atoms with Gasteiger partial charge in [0.25, 0.3) is 0 Å². The summed E-state index contributed by atoms with van der Waals surface area (Å²) in [6.45, 7) is 0. The lowest BCUT2D eigenvalue weighted by Crippen LogP contribution is -2.35. The third-order valence-electron chi connectivity index (χ3n) is 2.77. The quantitative estimate of drug-likeness (QED) is 0.711. The molecule has 0 bridgehead atoms. The lowest BCUT2D eigenvalue weighted by atomic mass is 10.1. The standard InChI is InChI=1S/C11H13NO2/c1-14-10(13)11(12)7-9(11)8-5-3-2-4-6-8/h2-6,9H,7,12H2,1H3/t9-,11+/m1/s1. The van der Waals surface area contributed by atoms with Gasteiger partial charge in [0, 0.05) is 5.92 Å². The second-order valence-electron chi connectivity index (χ2n) is 3.70. The van der Waals surface area contributed by atoms with Gasteiger partial charge in [-0.05, 0) is 12.0 Å². The molecule has 0 spiro atoms. The fraction of sp³-hybridized carbons (Fsp3) is 0.364. The summed E-state index contributed by atoms with van der Waals surface area (Å²) < 4.78 is 4.66. The molecule has 1 saturated carbocycles. The Morgan fingerprint density at radius 1 is 1.50 bits per heavy atom. The van der Waals surface area contributed by atoms with Crippen molar-refractivity contribution in [1.82, 2.24) is 0 Å². The van der Waals surface area contributed by atoms with Crippen molar-refractivity contribution in [3.05, 3.63) is 35.9 Å². The van der Waals surface area contributed by atoms with Crippen molar-refractivity contribution in [2.45, 2.75) is 17.9 Å². The van der Waals surface area contributed by atoms with E-state index >= 15 is 0 Å². The van der Waals surface area contributed by atoms with Gasteiger partial charge in [-0.25, -0.2) is 0 Å². The number of benzene rings is 1. The average molecular weight is 191 g/mol. The number of ether oxygens (including phenoxy) is 1. The van der Waals surface area contributed by atoms with Crippen molar-refractivity contribution in [2.24, 2.45) is 5.73 Å². The van der Waals surface area contributed by atoms with Crippen LogP contribution in [0.2, 0.25) is 0 Å². The second kappa shape index (κ2) is 3.10. The van der Waals surface area contributed by atoms with Crippen LogP contribution < -0.4 is 5.73 Å². The van der Waals surface area contributed by atoms with E-state index < -0.39 is 5.54 Å². The van der Waals surface area contributed by atoms with Gasteiger partial charge in [-0.15, -0.1) is 0 Å². The maximum Gasteiger partial charge on any atom is 0.326 e. The number of carbonyl (C=O) groups excluding carboxylic acids is 1. The van der Waals surface area contributed by atoms with E-state index in [-0.39, 0.29) is 11.9 Å². The third kappa shape index (κ3) is 1.30. The fourth-order valence-electron chi connectivity index (χ4n) is 1.80. The highest BCUT2D eigenvalue weighted by Gasteiger charge is 2.58. The van der Waals surface area contributed by atoms with E-state index in [9.17, 15) is 4.79 Å². The van der Waals surface area contributed by atoms with Gasteiger partial charge < -0.3 is 10.5 Å². The van der Waals surface area contributed by atoms with Gasteiger partial charge in [0.05, 0.1) is 7.11 Å². The molecule has 1 aromatic rings. The Labute approximate surface area is 82.9 Å². The van der Waals surface area contributed by atoms with Crippen molar-refractivity contribution in [2.75, 3.05) is 7.11 Å². The molecule has 0 unspecified atom stereocenters. The van der Waals surface area contributed by atoms with Crippen LogP contribution in [-0.4, -0.2) is 18.6 Å². The Bertz CT molecular complexity index is 350. The molecule has 0 aliphatic heterocycles. The van der Waals surface area contributed by atoms with Crippen molar-refractivity contribution < 1.29 is 9.53 Å². The highest BCUT2D eigenvalue weighted by molar-refractivity contribution is 5.86. The van der Waals surface area contributed by atoms with Crippen LogP contribution in [0.3, 0.4) is 0 Å². The maximum absolute atomic E-state index is 11.3. The van der Waals surface area contributed by atoms with Crippen molar-refractivity contribution >= 4 is 5.97 Å². The molecular weight excluding hydrogens is 178 g/mol. The maximum atomic E-state index is 11.3. The van der Waals surface area contributed by atoms with Gasteiger partial charge in [0.1, 0.15) is 5.54 Å². The minimum atomic E-state index is -0.782. The molecule has 3 heteroatoms. The summed E-state index contributed by atoms with van der Waals surface area (Å²) >= 11 is 0. The minimum Gasteiger partial charge on any atom is -0.468 e. The largest absolute Gasteiger partial charge is 0.468 e. The summed E-state index contributed by atoms with van der Waals surface area (Å²) in [6.07, 6.45) is 0.684. The number of hydrogen-bond acceptors (Lipinski definition) is 3. The number of esters is 1. The Balaban J connectivity index is 2.16. The lowest BCUT2D eigenvalue weighted by molar-refractivity contribution is -0.143. The van der Waals surface area contributed by atoms with Gasteiger partial charge in [-0.1, -0.05) is 30.3 Å². The highest BCUT2D eigenvalue weighted by Crippen LogP contribution is 2.49. The smallest absolute Gasteiger partial charge is 0.326 e. The molecule has 0 saturated heterocycles. The van der Waals surface area contributed by atoms with E-state index in [4.69, 9.17) is 5.73 Å². The van der Waals surface area contributed by atoms with Crippen molar-refractivity contribution in [3.63, 3.8) is 0 Å². The first kappa shape index (κ1) is 9.21. The van der Waals surface area contributed by atoms with Crippen LogP contribution in [0.15, 0.2) is 30.3 Å². The molecular formula is C11H13NO2. The van der Waals surface area contributed by atoms with Crippen LogP contribution >= 0.6 is 0 Å². The first-order valence-corrected chi connectivity index (χ1v) is 4.61. The number of hydrogen-bond donors (Lipinski definition) is 1. The predicted molar refractivity (Wildman–Crippen MR) is 52.7 cm³/mol. The monoisotopic (exact) mass is 191 g/mol. The number of nitrogens with two attached hydrogens (primary N) is 1. The van der Waals surface area contributed by atoms with Crippen LogP contribution in [0.25, 0.3) is 0 Å². The van der Waals surface area contributed by atoms with Gasteiger partial charge in [-0.2, -0.15) is 0 Å². The van der Waals surface area contributed by atoms with E-state index in [0.717, 1.165) is 5.56 Å². The molecule has 0 amide bonds. The summed E-state index contributed by atoms with van der Waals surface area (Å²) in [7, 11) is 1.37. The van der Waals surface area contributed by atoms with Crippen LogP contribution in [0.5, 0.6) is 0 Å². The van der Waals surface area contributed by atoms with Gasteiger partial charge in [-0.3, -0.25) is 4.79 Å². The molecule has 14 heavy (non-hydrogen) atoms. The highest BCUT2D eigenvalue weighted by atomic mass is 16.5. The summed E-state index contributed by atoms with van der Waals surface area (Å²) in [4.78, 5) is 11.3. The Morgan fingerprint density at radius 3 is 2.71 bits per heavy atom. The zero-order valence-electron chi connectivity index (χ0n) is 8.07. The van der Waals surface area contributed by atoms with Crippen LogP contribution in [0.1, 0.15) is 17.9 Å². The van der Waals surface area contributed by atoms with Gasteiger partial charge in [0.15, 0.2) is 0 Å².